The van der Waals surface area contributed by atoms with E-state index >= 15 is 0 Å². The highest BCUT2D eigenvalue weighted by atomic mass is 16.7. The summed E-state index contributed by atoms with van der Waals surface area (Å²) in [5, 5.41) is 0. The van der Waals surface area contributed by atoms with Crippen LogP contribution in [0.15, 0.2) is 0 Å². The topological polar surface area (TPSA) is 18.5 Å². The quantitative estimate of drug-likeness (QED) is 0.584. The van der Waals surface area contributed by atoms with Gasteiger partial charge < -0.3 is 9.47 Å². The number of methoxy groups -OCH3 is 2. The maximum Gasteiger partial charge on any atom is 0.168 e. The number of hydrogen-bond donors (Lipinski definition) is 0. The van der Waals surface area contributed by atoms with Gasteiger partial charge >= 0.3 is 0 Å². The van der Waals surface area contributed by atoms with Gasteiger partial charge in [0.1, 0.15) is 0 Å². The van der Waals surface area contributed by atoms with Crippen LogP contribution < -0.4 is 0 Å². The van der Waals surface area contributed by atoms with Gasteiger partial charge in [-0.1, -0.05) is 13.8 Å². The summed E-state index contributed by atoms with van der Waals surface area (Å²) in [5.74, 6) is 1.68. The van der Waals surface area contributed by atoms with Crippen LogP contribution in [0.3, 0.4) is 0 Å². The highest BCUT2D eigenvalue weighted by Crippen LogP contribution is 2.53. The van der Waals surface area contributed by atoms with Crippen molar-refractivity contribution in [1.29, 1.82) is 0 Å². The van der Waals surface area contributed by atoms with Gasteiger partial charge in [-0.2, -0.15) is 0 Å². The first-order valence-corrected chi connectivity index (χ1v) is 4.17. The van der Waals surface area contributed by atoms with Crippen molar-refractivity contribution in [2.24, 2.45) is 17.8 Å². The number of rotatable bonds is 3. The van der Waals surface area contributed by atoms with Crippen molar-refractivity contribution in [2.75, 3.05) is 14.2 Å². The molecular weight excluding hydrogens is 140 g/mol. The fourth-order valence-electron chi connectivity index (χ4n) is 1.97. The molecule has 1 saturated carbocycles. The summed E-state index contributed by atoms with van der Waals surface area (Å²) >= 11 is 0. The van der Waals surface area contributed by atoms with Crippen molar-refractivity contribution in [3.05, 3.63) is 0 Å². The Morgan fingerprint density at radius 1 is 1.00 bits per heavy atom. The molecule has 0 N–H and O–H groups in total. The predicted molar refractivity (Wildman–Crippen MR) is 44.2 cm³/mol. The molecule has 0 aliphatic heterocycles. The van der Waals surface area contributed by atoms with Crippen LogP contribution in [0.25, 0.3) is 0 Å². The average molecular weight is 158 g/mol. The van der Waals surface area contributed by atoms with Crippen LogP contribution in [-0.4, -0.2) is 20.0 Å². The minimum absolute atomic E-state index is 0.362. The summed E-state index contributed by atoms with van der Waals surface area (Å²) < 4.78 is 10.7. The molecule has 1 fully saturated rings. The molecule has 11 heavy (non-hydrogen) atoms. The lowest BCUT2D eigenvalue weighted by atomic mass is 10.1. The Balaban J connectivity index is 2.58. The summed E-state index contributed by atoms with van der Waals surface area (Å²) in [6.45, 7) is 6.49. The van der Waals surface area contributed by atoms with Gasteiger partial charge in [0.05, 0.1) is 0 Å². The summed E-state index contributed by atoms with van der Waals surface area (Å²) in [6.07, 6.45) is 0. The molecule has 2 atom stereocenters. The SMILES string of the molecule is COC(C)(OC)C1C(C)C1C. The van der Waals surface area contributed by atoms with Crippen LogP contribution >= 0.6 is 0 Å². The first kappa shape index (κ1) is 9.01. The number of hydrogen-bond acceptors (Lipinski definition) is 2. The lowest BCUT2D eigenvalue weighted by Gasteiger charge is -2.27. The van der Waals surface area contributed by atoms with Crippen molar-refractivity contribution in [3.8, 4) is 0 Å². The minimum Gasteiger partial charge on any atom is -0.353 e. The normalized spacial score (nSPS) is 37.4. The Morgan fingerprint density at radius 3 is 1.45 bits per heavy atom. The molecule has 0 spiro atoms. The fraction of sp³-hybridized carbons (Fsp3) is 1.00. The first-order chi connectivity index (χ1) is 5.06. The zero-order chi connectivity index (χ0) is 8.65. The summed E-state index contributed by atoms with van der Waals surface area (Å²) in [5.41, 5.74) is 0. The molecule has 0 saturated heterocycles. The van der Waals surface area contributed by atoms with Crippen LogP contribution in [0, 0.1) is 17.8 Å². The third kappa shape index (κ3) is 1.30. The molecule has 2 heteroatoms. The molecule has 0 amide bonds. The molecule has 1 aliphatic carbocycles. The van der Waals surface area contributed by atoms with Crippen molar-refractivity contribution >= 4 is 0 Å². The third-order valence-corrected chi connectivity index (χ3v) is 3.24. The molecule has 0 heterocycles. The van der Waals surface area contributed by atoms with Crippen LogP contribution in [0.1, 0.15) is 20.8 Å². The molecule has 2 nitrogen and oxygen atoms in total. The molecule has 0 radical (unpaired) electrons. The number of ether oxygens (including phenoxy) is 2. The van der Waals surface area contributed by atoms with Gasteiger partial charge in [-0.3, -0.25) is 0 Å². The van der Waals surface area contributed by atoms with E-state index in [1.165, 1.54) is 0 Å². The van der Waals surface area contributed by atoms with Crippen LogP contribution in [0.5, 0.6) is 0 Å². The molecule has 66 valence electrons. The van der Waals surface area contributed by atoms with E-state index in [4.69, 9.17) is 9.47 Å². The lowest BCUT2D eigenvalue weighted by Crippen LogP contribution is -2.33. The largest absolute Gasteiger partial charge is 0.353 e. The average Bonchev–Trinajstić information content (AvgIpc) is 2.60. The maximum atomic E-state index is 5.33. The Bertz CT molecular complexity index is 132. The lowest BCUT2D eigenvalue weighted by molar-refractivity contribution is -0.211. The van der Waals surface area contributed by atoms with Gasteiger partial charge in [-0.15, -0.1) is 0 Å². The minimum atomic E-state index is -0.362. The van der Waals surface area contributed by atoms with Gasteiger partial charge in [0, 0.05) is 20.1 Å². The van der Waals surface area contributed by atoms with E-state index in [0.29, 0.717) is 5.92 Å². The maximum absolute atomic E-state index is 5.33. The monoisotopic (exact) mass is 158 g/mol. The highest BCUT2D eigenvalue weighted by Gasteiger charge is 2.55. The van der Waals surface area contributed by atoms with E-state index in [2.05, 4.69) is 13.8 Å². The fourth-order valence-corrected chi connectivity index (χ4v) is 1.97. The van der Waals surface area contributed by atoms with Crippen LogP contribution in [0.2, 0.25) is 0 Å². The molecule has 0 aromatic heterocycles. The van der Waals surface area contributed by atoms with Gasteiger partial charge in [0.15, 0.2) is 5.79 Å². The van der Waals surface area contributed by atoms with Gasteiger partial charge in [-0.25, -0.2) is 0 Å². The molecule has 0 aromatic rings. The Morgan fingerprint density at radius 2 is 1.36 bits per heavy atom. The summed E-state index contributed by atoms with van der Waals surface area (Å²) in [7, 11) is 3.42. The summed E-state index contributed by atoms with van der Waals surface area (Å²) in [6, 6.07) is 0. The second-order valence-corrected chi connectivity index (χ2v) is 3.67. The highest BCUT2D eigenvalue weighted by molar-refractivity contribution is 4.98. The second-order valence-electron chi connectivity index (χ2n) is 3.67. The van der Waals surface area contributed by atoms with Crippen molar-refractivity contribution in [2.45, 2.75) is 26.6 Å². The van der Waals surface area contributed by atoms with E-state index in [1.54, 1.807) is 14.2 Å². The van der Waals surface area contributed by atoms with E-state index in [0.717, 1.165) is 11.8 Å². The smallest absolute Gasteiger partial charge is 0.168 e. The van der Waals surface area contributed by atoms with Crippen LogP contribution in [-0.2, 0) is 9.47 Å². The van der Waals surface area contributed by atoms with E-state index in [1.807, 2.05) is 6.92 Å². The molecule has 1 rings (SSSR count). The molecule has 0 bridgehead atoms. The standard InChI is InChI=1S/C9H18O2/c1-6-7(2)8(6)9(3,10-4)11-5/h6-8H,1-5H3. The molecular formula is C9H18O2. The van der Waals surface area contributed by atoms with Crippen molar-refractivity contribution in [1.82, 2.24) is 0 Å². The van der Waals surface area contributed by atoms with Gasteiger partial charge in [0.2, 0.25) is 0 Å². The second kappa shape index (κ2) is 2.76. The van der Waals surface area contributed by atoms with Crippen LogP contribution in [0.4, 0.5) is 0 Å². The summed E-state index contributed by atoms with van der Waals surface area (Å²) in [4.78, 5) is 0. The van der Waals surface area contributed by atoms with Crippen molar-refractivity contribution < 1.29 is 9.47 Å². The van der Waals surface area contributed by atoms with E-state index < -0.39 is 0 Å². The van der Waals surface area contributed by atoms with E-state index in [9.17, 15) is 0 Å². The molecule has 2 unspecified atom stereocenters. The van der Waals surface area contributed by atoms with Crippen molar-refractivity contribution in [3.63, 3.8) is 0 Å². The van der Waals surface area contributed by atoms with E-state index in [-0.39, 0.29) is 5.79 Å². The Hall–Kier alpha value is -0.0800. The third-order valence-electron chi connectivity index (χ3n) is 3.24. The van der Waals surface area contributed by atoms with Gasteiger partial charge in [-0.05, 0) is 18.8 Å². The van der Waals surface area contributed by atoms with Gasteiger partial charge in [0.25, 0.3) is 0 Å². The first-order valence-electron chi connectivity index (χ1n) is 4.17. The zero-order valence-corrected chi connectivity index (χ0v) is 8.05. The molecule has 1 aliphatic rings. The Labute approximate surface area is 68.9 Å². The zero-order valence-electron chi connectivity index (χ0n) is 8.05. The molecule has 0 aromatic carbocycles. The predicted octanol–water partition coefficient (Wildman–Crippen LogP) is 1.90. The Kier molecular flexibility index (Phi) is 2.26.